The lowest BCUT2D eigenvalue weighted by molar-refractivity contribution is -0.137. The highest BCUT2D eigenvalue weighted by atomic mass is 35.5. The van der Waals surface area contributed by atoms with Crippen LogP contribution in [0.3, 0.4) is 0 Å². The average molecular weight is 443 g/mol. The van der Waals surface area contributed by atoms with Crippen molar-refractivity contribution in [3.05, 3.63) is 39.8 Å². The Labute approximate surface area is 172 Å². The summed E-state index contributed by atoms with van der Waals surface area (Å²) in [6.45, 7) is 1.67. The van der Waals surface area contributed by atoms with Gasteiger partial charge < -0.3 is 4.90 Å². The maximum absolute atomic E-state index is 12.7. The van der Waals surface area contributed by atoms with Crippen LogP contribution in [0.25, 0.3) is 6.08 Å². The van der Waals surface area contributed by atoms with E-state index in [0.29, 0.717) is 23.6 Å². The van der Waals surface area contributed by atoms with Crippen LogP contribution >= 0.6 is 23.4 Å². The maximum Gasteiger partial charge on any atom is 0.294 e. The van der Waals surface area contributed by atoms with Crippen LogP contribution in [0.4, 0.5) is 4.79 Å². The second-order valence-electron chi connectivity index (χ2n) is 6.56. The molecule has 150 valence electrons. The van der Waals surface area contributed by atoms with Crippen LogP contribution in [0.15, 0.2) is 29.2 Å². The molecule has 2 aliphatic heterocycles. The highest BCUT2D eigenvalue weighted by Crippen LogP contribution is 2.32. The summed E-state index contributed by atoms with van der Waals surface area (Å²) in [4.78, 5) is 40.1. The van der Waals surface area contributed by atoms with Crippen molar-refractivity contribution in [3.8, 4) is 0 Å². The third kappa shape index (κ3) is 4.59. The molecule has 0 spiro atoms. The van der Waals surface area contributed by atoms with E-state index in [9.17, 15) is 22.8 Å². The highest BCUT2D eigenvalue weighted by Gasteiger charge is 2.39. The summed E-state index contributed by atoms with van der Waals surface area (Å²) in [5.74, 6) is -0.995. The van der Waals surface area contributed by atoms with Gasteiger partial charge in [-0.2, -0.15) is 0 Å². The van der Waals surface area contributed by atoms with Gasteiger partial charge in [0.2, 0.25) is 5.91 Å². The molecule has 1 aromatic carbocycles. The van der Waals surface area contributed by atoms with E-state index in [-0.39, 0.29) is 16.4 Å². The molecule has 0 bridgehead atoms. The Hall–Kier alpha value is -1.84. The predicted octanol–water partition coefficient (Wildman–Crippen LogP) is 2.41. The Morgan fingerprint density at radius 3 is 2.57 bits per heavy atom. The largest absolute Gasteiger partial charge is 0.337 e. The number of hydrogen-bond acceptors (Lipinski definition) is 6. The van der Waals surface area contributed by atoms with Crippen molar-refractivity contribution in [3.63, 3.8) is 0 Å². The van der Waals surface area contributed by atoms with Crippen LogP contribution in [0.1, 0.15) is 18.9 Å². The Balaban J connectivity index is 1.71. The molecule has 0 aromatic heterocycles. The van der Waals surface area contributed by atoms with Crippen LogP contribution in [0.5, 0.6) is 0 Å². The van der Waals surface area contributed by atoms with E-state index in [4.69, 9.17) is 11.6 Å². The van der Waals surface area contributed by atoms with Gasteiger partial charge in [-0.3, -0.25) is 19.3 Å². The standard InChI is InChI=1S/C18H19ClN2O5S2/c1-2-20(14-7-8-28(25,26)11-14)16(22)10-21-17(23)15(27-18(21)24)9-12-3-5-13(19)6-4-12/h3-6,9,14H,2,7-8,10-11H2,1H3/b15-9-/t14-/m0/s1. The molecular weight excluding hydrogens is 424 g/mol. The lowest BCUT2D eigenvalue weighted by atomic mass is 10.2. The van der Waals surface area contributed by atoms with Crippen LogP contribution in [0.2, 0.25) is 5.02 Å². The first kappa shape index (κ1) is 20.9. The number of sulfone groups is 1. The van der Waals surface area contributed by atoms with E-state index in [2.05, 4.69) is 0 Å². The molecule has 7 nitrogen and oxygen atoms in total. The first-order chi connectivity index (χ1) is 13.2. The van der Waals surface area contributed by atoms with Gasteiger partial charge in [-0.25, -0.2) is 8.42 Å². The number of nitrogens with zero attached hydrogens (tertiary/aromatic N) is 2. The minimum absolute atomic E-state index is 0.0485. The Morgan fingerprint density at radius 1 is 1.32 bits per heavy atom. The van der Waals surface area contributed by atoms with Gasteiger partial charge in [-0.15, -0.1) is 0 Å². The Kier molecular flexibility index (Phi) is 6.16. The summed E-state index contributed by atoms with van der Waals surface area (Å²) < 4.78 is 23.4. The lowest BCUT2D eigenvalue weighted by Crippen LogP contribution is -2.47. The third-order valence-electron chi connectivity index (χ3n) is 4.64. The van der Waals surface area contributed by atoms with Gasteiger partial charge in [0.1, 0.15) is 6.54 Å². The molecule has 0 aliphatic carbocycles. The number of carbonyl (C=O) groups is 3. The molecule has 1 aromatic rings. The second-order valence-corrected chi connectivity index (χ2v) is 10.2. The van der Waals surface area contributed by atoms with Gasteiger partial charge in [-0.05, 0) is 48.9 Å². The van der Waals surface area contributed by atoms with Gasteiger partial charge in [0, 0.05) is 17.6 Å². The second kappa shape index (κ2) is 8.26. The first-order valence-corrected chi connectivity index (χ1v) is 11.7. The molecule has 2 aliphatic rings. The lowest BCUT2D eigenvalue weighted by Gasteiger charge is -2.28. The predicted molar refractivity (Wildman–Crippen MR) is 109 cm³/mol. The molecule has 3 amide bonds. The summed E-state index contributed by atoms with van der Waals surface area (Å²) in [5, 5.41) is 0.0399. The molecular formula is C18H19ClN2O5S2. The van der Waals surface area contributed by atoms with Gasteiger partial charge in [0.25, 0.3) is 11.1 Å². The zero-order valence-corrected chi connectivity index (χ0v) is 17.5. The SMILES string of the molecule is CCN(C(=O)CN1C(=O)S/C(=C\c2ccc(Cl)cc2)C1=O)[C@H]1CCS(=O)(=O)C1. The minimum atomic E-state index is -3.14. The van der Waals surface area contributed by atoms with Crippen molar-refractivity contribution in [1.82, 2.24) is 9.80 Å². The third-order valence-corrected chi connectivity index (χ3v) is 7.55. The molecule has 10 heteroatoms. The number of amides is 3. The number of carbonyl (C=O) groups excluding carboxylic acids is 3. The number of rotatable bonds is 5. The summed E-state index contributed by atoms with van der Waals surface area (Å²) in [6, 6.07) is 6.39. The van der Waals surface area contributed by atoms with Crippen molar-refractivity contribution >= 4 is 56.3 Å². The number of imide groups is 1. The van der Waals surface area contributed by atoms with E-state index in [1.165, 1.54) is 4.90 Å². The molecule has 0 N–H and O–H groups in total. The van der Waals surface area contributed by atoms with Crippen LogP contribution in [-0.4, -0.2) is 65.9 Å². The van der Waals surface area contributed by atoms with Gasteiger partial charge in [0.05, 0.1) is 16.4 Å². The summed E-state index contributed by atoms with van der Waals surface area (Å²) >= 11 is 6.61. The molecule has 3 rings (SSSR count). The molecule has 0 unspecified atom stereocenters. The highest BCUT2D eigenvalue weighted by molar-refractivity contribution is 8.18. The van der Waals surface area contributed by atoms with Gasteiger partial charge in [-0.1, -0.05) is 23.7 Å². The van der Waals surface area contributed by atoms with Crippen LogP contribution in [-0.2, 0) is 19.4 Å². The normalized spacial score (nSPS) is 22.9. The van der Waals surface area contributed by atoms with E-state index >= 15 is 0 Å². The zero-order chi connectivity index (χ0) is 20.5. The molecule has 28 heavy (non-hydrogen) atoms. The summed E-state index contributed by atoms with van der Waals surface area (Å²) in [6.07, 6.45) is 1.95. The molecule has 2 saturated heterocycles. The fourth-order valence-electron chi connectivity index (χ4n) is 3.23. The van der Waals surface area contributed by atoms with Gasteiger partial charge >= 0.3 is 0 Å². The molecule has 0 saturated carbocycles. The zero-order valence-electron chi connectivity index (χ0n) is 15.1. The van der Waals surface area contributed by atoms with Crippen molar-refractivity contribution < 1.29 is 22.8 Å². The van der Waals surface area contributed by atoms with Crippen molar-refractivity contribution in [2.75, 3.05) is 24.6 Å². The topological polar surface area (TPSA) is 91.8 Å². The van der Waals surface area contributed by atoms with Gasteiger partial charge in [0.15, 0.2) is 9.84 Å². The number of hydrogen-bond donors (Lipinski definition) is 0. The molecule has 0 radical (unpaired) electrons. The van der Waals surface area contributed by atoms with Crippen molar-refractivity contribution in [2.45, 2.75) is 19.4 Å². The number of halogens is 1. The van der Waals surface area contributed by atoms with Crippen LogP contribution in [0, 0.1) is 0 Å². The van der Waals surface area contributed by atoms with Crippen molar-refractivity contribution in [1.29, 1.82) is 0 Å². The van der Waals surface area contributed by atoms with E-state index in [0.717, 1.165) is 16.7 Å². The van der Waals surface area contributed by atoms with Crippen LogP contribution < -0.4 is 0 Å². The minimum Gasteiger partial charge on any atom is -0.337 e. The number of likely N-dealkylation sites (N-methyl/N-ethyl adjacent to an activating group) is 1. The number of benzene rings is 1. The molecule has 1 atom stereocenters. The number of thioether (sulfide) groups is 1. The van der Waals surface area contributed by atoms with E-state index < -0.39 is 39.5 Å². The summed E-state index contributed by atoms with van der Waals surface area (Å²) in [5.41, 5.74) is 0.715. The maximum atomic E-state index is 12.7. The monoisotopic (exact) mass is 442 g/mol. The summed E-state index contributed by atoms with van der Waals surface area (Å²) in [7, 11) is -3.14. The van der Waals surface area contributed by atoms with E-state index in [1.54, 1.807) is 37.3 Å². The quantitative estimate of drug-likeness (QED) is 0.650. The average Bonchev–Trinajstić information content (AvgIpc) is 3.11. The van der Waals surface area contributed by atoms with Crippen molar-refractivity contribution in [2.24, 2.45) is 0 Å². The Morgan fingerprint density at radius 2 is 2.00 bits per heavy atom. The Bertz CT molecular complexity index is 943. The fourth-order valence-corrected chi connectivity index (χ4v) is 5.93. The molecule has 2 fully saturated rings. The first-order valence-electron chi connectivity index (χ1n) is 8.71. The fraction of sp³-hybridized carbons (Fsp3) is 0.389. The smallest absolute Gasteiger partial charge is 0.294 e. The van der Waals surface area contributed by atoms with E-state index in [1.807, 2.05) is 0 Å². The molecule has 2 heterocycles.